The zero-order valence-electron chi connectivity index (χ0n) is 17.3. The molecule has 5 nitrogen and oxygen atoms in total. The number of benzene rings is 2. The Morgan fingerprint density at radius 1 is 0.962 bits per heavy atom. The van der Waals surface area contributed by atoms with Crippen LogP contribution in [0.15, 0.2) is 42.5 Å². The van der Waals surface area contributed by atoms with Gasteiger partial charge in [0.05, 0.1) is 13.0 Å². The lowest BCUT2D eigenvalue weighted by Gasteiger charge is -2.05. The first-order valence-corrected chi connectivity index (χ1v) is 9.04. The van der Waals surface area contributed by atoms with Crippen LogP contribution in [-0.2, 0) is 16.0 Å². The molecular weight excluding hydrogens is 326 g/mol. The second-order valence-electron chi connectivity index (χ2n) is 5.19. The van der Waals surface area contributed by atoms with Crippen molar-refractivity contribution in [1.82, 2.24) is 10.2 Å². The maximum absolute atomic E-state index is 10.8. The molecule has 0 bridgehead atoms. The van der Waals surface area contributed by atoms with E-state index in [0.29, 0.717) is 13.0 Å². The molecule has 0 fully saturated rings. The average Bonchev–Trinajstić information content (AvgIpc) is 2.65. The smallest absolute Gasteiger partial charge is 0.233 e. The van der Waals surface area contributed by atoms with E-state index in [-0.39, 0.29) is 11.8 Å². The van der Waals surface area contributed by atoms with Gasteiger partial charge in [0.2, 0.25) is 11.8 Å². The van der Waals surface area contributed by atoms with Crippen molar-refractivity contribution in [2.45, 2.75) is 34.1 Å². The SMILES string of the molecule is CC.CC.CNC(=O)CN(C)C.NC(=O)Cc1cccc2ccccc12. The number of primary amides is 1. The van der Waals surface area contributed by atoms with Gasteiger partial charge >= 0.3 is 0 Å². The van der Waals surface area contributed by atoms with Gasteiger partial charge < -0.3 is 16.0 Å². The number of carbonyl (C=O) groups is 2. The van der Waals surface area contributed by atoms with E-state index in [4.69, 9.17) is 5.73 Å². The lowest BCUT2D eigenvalue weighted by Crippen LogP contribution is -2.30. The molecule has 2 rings (SSSR count). The van der Waals surface area contributed by atoms with E-state index in [1.807, 2.05) is 89.2 Å². The Bertz CT molecular complexity index is 635. The molecule has 26 heavy (non-hydrogen) atoms. The van der Waals surface area contributed by atoms with Gasteiger partial charge in [0.15, 0.2) is 0 Å². The highest BCUT2D eigenvalue weighted by Crippen LogP contribution is 2.18. The Morgan fingerprint density at radius 2 is 1.50 bits per heavy atom. The molecule has 0 heterocycles. The number of nitrogens with one attached hydrogen (secondary N) is 1. The standard InChI is InChI=1S/C12H11NO.C5H12N2O.2C2H6/c13-12(14)8-10-6-3-5-9-4-1-2-7-11(9)10;1-6-5(8)4-7(2)3;2*1-2/h1-7H,8H2,(H2,13,14);4H2,1-3H3,(H,6,8);2*1-2H3. The van der Waals surface area contributed by atoms with Gasteiger partial charge in [-0.1, -0.05) is 70.2 Å². The van der Waals surface area contributed by atoms with Crippen LogP contribution in [-0.4, -0.2) is 44.4 Å². The quantitative estimate of drug-likeness (QED) is 0.878. The zero-order chi connectivity index (χ0) is 20.5. The summed E-state index contributed by atoms with van der Waals surface area (Å²) in [5.41, 5.74) is 6.17. The Balaban J connectivity index is 0. The first-order valence-electron chi connectivity index (χ1n) is 9.04. The van der Waals surface area contributed by atoms with Gasteiger partial charge in [-0.05, 0) is 30.4 Å². The van der Waals surface area contributed by atoms with Crippen LogP contribution >= 0.6 is 0 Å². The summed E-state index contributed by atoms with van der Waals surface area (Å²) in [4.78, 5) is 23.1. The zero-order valence-corrected chi connectivity index (χ0v) is 17.3. The molecule has 2 amide bonds. The fraction of sp³-hybridized carbons (Fsp3) is 0.429. The van der Waals surface area contributed by atoms with Crippen molar-refractivity contribution >= 4 is 22.6 Å². The number of nitrogens with two attached hydrogens (primary N) is 1. The van der Waals surface area contributed by atoms with Crippen LogP contribution in [0, 0.1) is 0 Å². The summed E-state index contributed by atoms with van der Waals surface area (Å²) in [5.74, 6) is -0.239. The molecule has 0 aliphatic heterocycles. The minimum atomic E-state index is -0.290. The van der Waals surface area contributed by atoms with Crippen molar-refractivity contribution in [2.24, 2.45) is 5.73 Å². The highest BCUT2D eigenvalue weighted by Gasteiger charge is 2.02. The van der Waals surface area contributed by atoms with Crippen LogP contribution in [0.3, 0.4) is 0 Å². The fourth-order valence-electron chi connectivity index (χ4n) is 2.00. The summed E-state index contributed by atoms with van der Waals surface area (Å²) in [5, 5.41) is 4.77. The van der Waals surface area contributed by atoms with E-state index in [2.05, 4.69) is 5.32 Å². The molecule has 0 atom stereocenters. The molecule has 0 saturated carbocycles. The summed E-state index contributed by atoms with van der Waals surface area (Å²) >= 11 is 0. The predicted octanol–water partition coefficient (Wildman–Crippen LogP) is 3.21. The largest absolute Gasteiger partial charge is 0.369 e. The van der Waals surface area contributed by atoms with E-state index in [1.165, 1.54) is 0 Å². The Hall–Kier alpha value is -2.40. The molecule has 146 valence electrons. The Morgan fingerprint density at radius 3 is 1.96 bits per heavy atom. The number of carbonyl (C=O) groups excluding carboxylic acids is 2. The number of fused-ring (bicyclic) bond motifs is 1. The molecular formula is C21H35N3O2. The number of hydrogen-bond donors (Lipinski definition) is 2. The second kappa shape index (κ2) is 16.1. The van der Waals surface area contributed by atoms with Crippen LogP contribution in [0.5, 0.6) is 0 Å². The maximum atomic E-state index is 10.8. The number of rotatable bonds is 4. The molecule has 0 aliphatic carbocycles. The normalized spacial score (nSPS) is 8.92. The van der Waals surface area contributed by atoms with Crippen molar-refractivity contribution in [3.05, 3.63) is 48.0 Å². The first kappa shape index (κ1) is 25.8. The fourth-order valence-corrected chi connectivity index (χ4v) is 2.00. The minimum absolute atomic E-state index is 0.0509. The molecule has 2 aromatic carbocycles. The van der Waals surface area contributed by atoms with Gasteiger partial charge in [0.25, 0.3) is 0 Å². The highest BCUT2D eigenvalue weighted by atomic mass is 16.2. The molecule has 0 unspecified atom stereocenters. The van der Waals surface area contributed by atoms with Crippen molar-refractivity contribution in [1.29, 1.82) is 0 Å². The molecule has 0 aliphatic rings. The molecule has 0 saturated heterocycles. The van der Waals surface area contributed by atoms with Crippen molar-refractivity contribution in [3.63, 3.8) is 0 Å². The molecule has 0 spiro atoms. The third-order valence-corrected chi connectivity index (χ3v) is 2.98. The van der Waals surface area contributed by atoms with Gasteiger partial charge in [-0.25, -0.2) is 0 Å². The summed E-state index contributed by atoms with van der Waals surface area (Å²) in [6.45, 7) is 8.47. The average molecular weight is 362 g/mol. The molecule has 2 aromatic rings. The predicted molar refractivity (Wildman–Crippen MR) is 112 cm³/mol. The second-order valence-corrected chi connectivity index (χ2v) is 5.19. The first-order chi connectivity index (χ1) is 12.4. The summed E-state index contributed by atoms with van der Waals surface area (Å²) in [6, 6.07) is 13.9. The van der Waals surface area contributed by atoms with Crippen molar-refractivity contribution in [3.8, 4) is 0 Å². The molecule has 3 N–H and O–H groups in total. The van der Waals surface area contributed by atoms with E-state index in [9.17, 15) is 9.59 Å². The summed E-state index contributed by atoms with van der Waals surface area (Å²) < 4.78 is 0. The van der Waals surface area contributed by atoms with Gasteiger partial charge in [0, 0.05) is 7.05 Å². The van der Waals surface area contributed by atoms with E-state index < -0.39 is 0 Å². The molecule has 0 aromatic heterocycles. The lowest BCUT2D eigenvalue weighted by atomic mass is 10.0. The van der Waals surface area contributed by atoms with Crippen molar-refractivity contribution < 1.29 is 9.59 Å². The van der Waals surface area contributed by atoms with Gasteiger partial charge in [-0.2, -0.15) is 0 Å². The van der Waals surface area contributed by atoms with Crippen LogP contribution < -0.4 is 11.1 Å². The van der Waals surface area contributed by atoms with Crippen LogP contribution in [0.2, 0.25) is 0 Å². The van der Waals surface area contributed by atoms with Crippen LogP contribution in [0.25, 0.3) is 10.8 Å². The maximum Gasteiger partial charge on any atom is 0.233 e. The third kappa shape index (κ3) is 11.2. The molecule has 0 radical (unpaired) electrons. The van der Waals surface area contributed by atoms with Gasteiger partial charge in [0.1, 0.15) is 0 Å². The highest BCUT2D eigenvalue weighted by molar-refractivity contribution is 5.89. The van der Waals surface area contributed by atoms with E-state index in [0.717, 1.165) is 16.3 Å². The monoisotopic (exact) mass is 361 g/mol. The Kier molecular flexibility index (Phi) is 16.0. The lowest BCUT2D eigenvalue weighted by molar-refractivity contribution is -0.121. The summed E-state index contributed by atoms with van der Waals surface area (Å²) in [6.07, 6.45) is 0.307. The molecule has 5 heteroatoms. The van der Waals surface area contributed by atoms with Crippen LogP contribution in [0.1, 0.15) is 33.3 Å². The topological polar surface area (TPSA) is 75.4 Å². The van der Waals surface area contributed by atoms with Crippen LogP contribution in [0.4, 0.5) is 0 Å². The van der Waals surface area contributed by atoms with E-state index in [1.54, 1.807) is 7.05 Å². The number of amides is 2. The van der Waals surface area contributed by atoms with E-state index >= 15 is 0 Å². The summed E-state index contributed by atoms with van der Waals surface area (Å²) in [7, 11) is 5.34. The minimum Gasteiger partial charge on any atom is -0.369 e. The number of nitrogens with zero attached hydrogens (tertiary/aromatic N) is 1. The van der Waals surface area contributed by atoms with Gasteiger partial charge in [-0.15, -0.1) is 0 Å². The number of hydrogen-bond acceptors (Lipinski definition) is 3. The van der Waals surface area contributed by atoms with Gasteiger partial charge in [-0.3, -0.25) is 9.59 Å². The number of likely N-dealkylation sites (N-methyl/N-ethyl adjacent to an activating group) is 2. The Labute approximate surface area is 158 Å². The van der Waals surface area contributed by atoms with Crippen molar-refractivity contribution in [2.75, 3.05) is 27.7 Å². The third-order valence-electron chi connectivity index (χ3n) is 2.98.